The number of hydrogen-bond donors (Lipinski definition) is 0. The number of fused-ring (bicyclic) bond motifs is 7. The summed E-state index contributed by atoms with van der Waals surface area (Å²) in [5, 5.41) is 0. The Morgan fingerprint density at radius 1 is 1.12 bits per heavy atom. The third-order valence-corrected chi connectivity index (χ3v) is 8.34. The molecule has 0 spiro atoms. The molecular formula is C23H30O3. The summed E-state index contributed by atoms with van der Waals surface area (Å²) in [4.78, 5) is 24.0. The van der Waals surface area contributed by atoms with Crippen molar-refractivity contribution in [3.63, 3.8) is 0 Å². The SMILES string of the molecule is C=C1CC2C(CC[C@]3(C)CCCC(=O)OC4C[C@@H]4C23)C2CCC(=O)C=C12. The molecule has 4 fully saturated rings. The lowest BCUT2D eigenvalue weighted by Crippen LogP contribution is -2.48. The van der Waals surface area contributed by atoms with Gasteiger partial charge in [-0.15, -0.1) is 0 Å². The number of hydrogen-bond acceptors (Lipinski definition) is 3. The molecule has 0 aromatic carbocycles. The van der Waals surface area contributed by atoms with Crippen LogP contribution in [0.2, 0.25) is 0 Å². The van der Waals surface area contributed by atoms with E-state index in [2.05, 4.69) is 13.5 Å². The second kappa shape index (κ2) is 5.81. The van der Waals surface area contributed by atoms with E-state index in [9.17, 15) is 9.59 Å². The predicted octanol–water partition coefficient (Wildman–Crippen LogP) is 4.62. The summed E-state index contributed by atoms with van der Waals surface area (Å²) in [6, 6.07) is 0. The van der Waals surface area contributed by atoms with E-state index in [-0.39, 0.29) is 17.9 Å². The van der Waals surface area contributed by atoms with Crippen LogP contribution in [-0.4, -0.2) is 17.9 Å². The Bertz CT molecular complexity index is 704. The van der Waals surface area contributed by atoms with Crippen LogP contribution in [0.5, 0.6) is 0 Å². The van der Waals surface area contributed by atoms with Gasteiger partial charge in [0.25, 0.3) is 0 Å². The molecule has 4 aliphatic carbocycles. The van der Waals surface area contributed by atoms with Gasteiger partial charge in [-0.3, -0.25) is 9.59 Å². The summed E-state index contributed by atoms with van der Waals surface area (Å²) in [7, 11) is 0. The highest BCUT2D eigenvalue weighted by Crippen LogP contribution is 2.64. The van der Waals surface area contributed by atoms with Crippen molar-refractivity contribution in [1.29, 1.82) is 0 Å². The number of ketones is 1. The minimum absolute atomic E-state index is 0.0142. The molecule has 0 aromatic rings. The first-order chi connectivity index (χ1) is 12.5. The summed E-state index contributed by atoms with van der Waals surface area (Å²) in [5.74, 6) is 3.38. The van der Waals surface area contributed by atoms with Crippen molar-refractivity contribution in [2.45, 2.75) is 70.8 Å². The average Bonchev–Trinajstić information content (AvgIpc) is 3.32. The smallest absolute Gasteiger partial charge is 0.306 e. The molecule has 1 saturated heterocycles. The van der Waals surface area contributed by atoms with E-state index in [1.165, 1.54) is 24.0 Å². The molecule has 26 heavy (non-hydrogen) atoms. The van der Waals surface area contributed by atoms with E-state index in [0.29, 0.717) is 47.8 Å². The molecular weight excluding hydrogens is 324 g/mol. The summed E-state index contributed by atoms with van der Waals surface area (Å²) in [6.45, 7) is 6.87. The van der Waals surface area contributed by atoms with Crippen LogP contribution in [0, 0.1) is 35.0 Å². The van der Waals surface area contributed by atoms with Gasteiger partial charge in [-0.2, -0.15) is 0 Å². The van der Waals surface area contributed by atoms with Crippen molar-refractivity contribution in [1.82, 2.24) is 0 Å². The molecule has 7 atom stereocenters. The Morgan fingerprint density at radius 3 is 2.81 bits per heavy atom. The Hall–Kier alpha value is -1.38. The van der Waals surface area contributed by atoms with Crippen LogP contribution in [0.3, 0.4) is 0 Å². The fourth-order valence-corrected chi connectivity index (χ4v) is 7.15. The summed E-state index contributed by atoms with van der Waals surface area (Å²) < 4.78 is 5.75. The quantitative estimate of drug-likeness (QED) is 0.596. The van der Waals surface area contributed by atoms with Crippen molar-refractivity contribution in [3.8, 4) is 0 Å². The first kappa shape index (κ1) is 16.8. The first-order valence-electron chi connectivity index (χ1n) is 10.6. The van der Waals surface area contributed by atoms with Gasteiger partial charge in [0.05, 0.1) is 0 Å². The predicted molar refractivity (Wildman–Crippen MR) is 99.2 cm³/mol. The van der Waals surface area contributed by atoms with Crippen LogP contribution in [-0.2, 0) is 14.3 Å². The van der Waals surface area contributed by atoms with E-state index in [4.69, 9.17) is 4.74 Å². The lowest BCUT2D eigenvalue weighted by molar-refractivity contribution is -0.145. The number of ether oxygens (including phenoxy) is 1. The van der Waals surface area contributed by atoms with Crippen LogP contribution in [0.25, 0.3) is 0 Å². The molecule has 5 unspecified atom stereocenters. The molecule has 1 aliphatic heterocycles. The molecule has 3 nitrogen and oxygen atoms in total. The Kier molecular flexibility index (Phi) is 3.75. The van der Waals surface area contributed by atoms with Crippen LogP contribution < -0.4 is 0 Å². The number of carbonyl (C=O) groups excluding carboxylic acids is 2. The fraction of sp³-hybridized carbons (Fsp3) is 0.739. The van der Waals surface area contributed by atoms with E-state index in [1.54, 1.807) is 0 Å². The van der Waals surface area contributed by atoms with Gasteiger partial charge in [0.15, 0.2) is 5.78 Å². The third kappa shape index (κ3) is 2.53. The largest absolute Gasteiger partial charge is 0.462 e. The standard InChI is InChI=1S/C23H30O3/c1-13-10-18-16(15-6-5-14(24)11-17(13)15)7-9-23(2)8-3-4-21(25)26-20-12-19(20)22(18)23/h11,15-16,18-20,22H,1,3-10,12H2,2H3/t15?,16?,18?,19-,20?,22?,23-/m0/s1. The maximum absolute atomic E-state index is 12.0. The van der Waals surface area contributed by atoms with E-state index < -0.39 is 0 Å². The van der Waals surface area contributed by atoms with Gasteiger partial charge >= 0.3 is 5.97 Å². The van der Waals surface area contributed by atoms with Gasteiger partial charge in [-0.1, -0.05) is 19.1 Å². The van der Waals surface area contributed by atoms with Gasteiger partial charge in [-0.05, 0) is 85.7 Å². The van der Waals surface area contributed by atoms with Gasteiger partial charge in [0, 0.05) is 18.8 Å². The zero-order valence-electron chi connectivity index (χ0n) is 15.8. The molecule has 1 heterocycles. The second-order valence-corrected chi connectivity index (χ2v) is 9.85. The first-order valence-corrected chi connectivity index (χ1v) is 10.6. The van der Waals surface area contributed by atoms with Crippen LogP contribution in [0.15, 0.2) is 23.8 Å². The maximum atomic E-state index is 12.0. The average molecular weight is 354 g/mol. The van der Waals surface area contributed by atoms with Gasteiger partial charge < -0.3 is 4.74 Å². The summed E-state index contributed by atoms with van der Waals surface area (Å²) in [5.41, 5.74) is 2.82. The molecule has 0 radical (unpaired) electrons. The highest BCUT2D eigenvalue weighted by Gasteiger charge is 2.60. The number of esters is 1. The van der Waals surface area contributed by atoms with Crippen molar-refractivity contribution in [3.05, 3.63) is 23.8 Å². The van der Waals surface area contributed by atoms with Gasteiger partial charge in [-0.25, -0.2) is 0 Å². The fourth-order valence-electron chi connectivity index (χ4n) is 7.15. The highest BCUT2D eigenvalue weighted by molar-refractivity contribution is 5.92. The van der Waals surface area contributed by atoms with Crippen molar-refractivity contribution >= 4 is 11.8 Å². The maximum Gasteiger partial charge on any atom is 0.306 e. The summed E-state index contributed by atoms with van der Waals surface area (Å²) in [6.07, 6.45) is 11.1. The molecule has 3 heteroatoms. The molecule has 0 amide bonds. The number of carbonyl (C=O) groups is 2. The molecule has 0 aromatic heterocycles. The molecule has 5 rings (SSSR count). The zero-order chi connectivity index (χ0) is 18.1. The third-order valence-electron chi connectivity index (χ3n) is 8.34. The number of allylic oxidation sites excluding steroid dienone is 3. The minimum atomic E-state index is 0.0142. The van der Waals surface area contributed by atoms with E-state index in [1.807, 2.05) is 6.08 Å². The molecule has 5 aliphatic rings. The van der Waals surface area contributed by atoms with Crippen LogP contribution in [0.4, 0.5) is 0 Å². The van der Waals surface area contributed by atoms with Crippen LogP contribution >= 0.6 is 0 Å². The van der Waals surface area contributed by atoms with Crippen molar-refractivity contribution in [2.24, 2.45) is 35.0 Å². The van der Waals surface area contributed by atoms with Crippen molar-refractivity contribution < 1.29 is 14.3 Å². The lowest BCUT2D eigenvalue weighted by atomic mass is 9.49. The molecule has 3 saturated carbocycles. The molecule has 0 N–H and O–H groups in total. The Balaban J connectivity index is 1.49. The normalized spacial score (nSPS) is 47.7. The minimum Gasteiger partial charge on any atom is -0.462 e. The Labute approximate surface area is 156 Å². The van der Waals surface area contributed by atoms with Crippen molar-refractivity contribution in [2.75, 3.05) is 0 Å². The highest BCUT2D eigenvalue weighted by atomic mass is 16.5. The molecule has 140 valence electrons. The van der Waals surface area contributed by atoms with E-state index >= 15 is 0 Å². The zero-order valence-corrected chi connectivity index (χ0v) is 15.8. The van der Waals surface area contributed by atoms with Gasteiger partial charge in [0.1, 0.15) is 6.10 Å². The second-order valence-electron chi connectivity index (χ2n) is 9.85. The number of rotatable bonds is 0. The van der Waals surface area contributed by atoms with Crippen LogP contribution in [0.1, 0.15) is 64.7 Å². The monoisotopic (exact) mass is 354 g/mol. The van der Waals surface area contributed by atoms with Gasteiger partial charge in [0.2, 0.25) is 0 Å². The topological polar surface area (TPSA) is 43.4 Å². The molecule has 0 bridgehead atoms. The van der Waals surface area contributed by atoms with E-state index in [0.717, 1.165) is 32.1 Å². The lowest BCUT2D eigenvalue weighted by Gasteiger charge is -2.55. The summed E-state index contributed by atoms with van der Waals surface area (Å²) >= 11 is 0. The Morgan fingerprint density at radius 2 is 1.96 bits per heavy atom.